The minimum atomic E-state index is -3.26. The molecule has 2 aliphatic rings. The molecule has 1 aromatic heterocycles. The molecule has 9 nitrogen and oxygen atoms in total. The molecule has 1 saturated heterocycles. The highest BCUT2D eigenvalue weighted by Crippen LogP contribution is 2.39. The second-order valence-corrected chi connectivity index (χ2v) is 9.56. The fourth-order valence-corrected chi connectivity index (χ4v) is 4.67. The zero-order valence-electron chi connectivity index (χ0n) is 17.0. The fourth-order valence-electron chi connectivity index (χ4n) is 3.80. The van der Waals surface area contributed by atoms with Crippen molar-refractivity contribution < 1.29 is 22.3 Å². The highest BCUT2D eigenvalue weighted by molar-refractivity contribution is 7.88. The molecule has 0 spiro atoms. The number of hydrogen-bond donors (Lipinski definition) is 2. The third-order valence-corrected chi connectivity index (χ3v) is 6.72. The van der Waals surface area contributed by atoms with E-state index in [9.17, 15) is 27.6 Å². The number of anilines is 3. The van der Waals surface area contributed by atoms with Gasteiger partial charge in [-0.05, 0) is 31.1 Å². The Morgan fingerprint density at radius 2 is 1.91 bits per heavy atom. The summed E-state index contributed by atoms with van der Waals surface area (Å²) in [4.78, 5) is 9.50. The SMILES string of the molecule is CS(=O)(=O)N1CCC(Nc2ncc3c(n2)N(c2c(F)cccc2F)C(O)C(C#N)=C3)CC1. The number of aliphatic hydroxyl groups excluding tert-OH is 1. The summed E-state index contributed by atoms with van der Waals surface area (Å²) in [6.07, 6.45) is 3.34. The van der Waals surface area contributed by atoms with Gasteiger partial charge < -0.3 is 10.4 Å². The van der Waals surface area contributed by atoms with Gasteiger partial charge in [0.15, 0.2) is 6.23 Å². The third-order valence-electron chi connectivity index (χ3n) is 5.42. The van der Waals surface area contributed by atoms with E-state index in [0.717, 1.165) is 23.3 Å². The lowest BCUT2D eigenvalue weighted by atomic mass is 10.0. The predicted octanol–water partition coefficient (Wildman–Crippen LogP) is 1.97. The standard InChI is InChI=1S/C20H20F2N6O3S/c1-32(30,31)27-7-5-14(6-8-27)25-20-24-11-13-9-12(10-23)19(29)28(18(13)26-20)17-15(21)3-2-4-16(17)22/h2-4,9,11,14,19,29H,5-8H2,1H3,(H,24,25,26). The summed E-state index contributed by atoms with van der Waals surface area (Å²) in [5.41, 5.74) is -0.335. The van der Waals surface area contributed by atoms with E-state index in [2.05, 4.69) is 15.3 Å². The normalized spacial score (nSPS) is 19.8. The molecule has 0 aliphatic carbocycles. The van der Waals surface area contributed by atoms with Crippen molar-refractivity contribution in [2.45, 2.75) is 25.1 Å². The van der Waals surface area contributed by atoms with Crippen molar-refractivity contribution in [3.8, 4) is 6.07 Å². The first-order chi connectivity index (χ1) is 15.2. The van der Waals surface area contributed by atoms with Crippen LogP contribution in [0, 0.1) is 23.0 Å². The van der Waals surface area contributed by atoms with Crippen molar-refractivity contribution in [2.75, 3.05) is 29.6 Å². The van der Waals surface area contributed by atoms with Crippen LogP contribution in [-0.2, 0) is 10.0 Å². The van der Waals surface area contributed by atoms with Crippen molar-refractivity contribution in [1.82, 2.24) is 14.3 Å². The highest BCUT2D eigenvalue weighted by atomic mass is 32.2. The number of benzene rings is 1. The van der Waals surface area contributed by atoms with Crippen molar-refractivity contribution in [2.24, 2.45) is 0 Å². The van der Waals surface area contributed by atoms with Crippen molar-refractivity contribution in [1.29, 1.82) is 5.26 Å². The zero-order valence-corrected chi connectivity index (χ0v) is 17.9. The summed E-state index contributed by atoms with van der Waals surface area (Å²) in [6.45, 7) is 0.696. The first-order valence-corrected chi connectivity index (χ1v) is 11.7. The van der Waals surface area contributed by atoms with Crippen molar-refractivity contribution in [3.63, 3.8) is 0 Å². The number of nitriles is 1. The number of aliphatic hydroxyl groups is 1. The summed E-state index contributed by atoms with van der Waals surface area (Å²) in [7, 11) is -3.26. The Morgan fingerprint density at radius 1 is 1.25 bits per heavy atom. The van der Waals surface area contributed by atoms with Crippen LogP contribution in [0.3, 0.4) is 0 Å². The molecule has 32 heavy (non-hydrogen) atoms. The predicted molar refractivity (Wildman–Crippen MR) is 113 cm³/mol. The fraction of sp³-hybridized carbons (Fsp3) is 0.350. The van der Waals surface area contributed by atoms with E-state index in [-0.39, 0.29) is 23.4 Å². The average molecular weight is 462 g/mol. The minimum absolute atomic E-state index is 0.0339. The van der Waals surface area contributed by atoms with Crippen LogP contribution in [0.1, 0.15) is 18.4 Å². The number of nitrogens with one attached hydrogen (secondary N) is 1. The van der Waals surface area contributed by atoms with E-state index in [4.69, 9.17) is 0 Å². The van der Waals surface area contributed by atoms with Crippen LogP contribution in [0.4, 0.5) is 26.2 Å². The van der Waals surface area contributed by atoms with Crippen LogP contribution in [0.2, 0.25) is 0 Å². The number of piperidine rings is 1. The van der Waals surface area contributed by atoms with Gasteiger partial charge in [0.25, 0.3) is 0 Å². The second kappa shape index (κ2) is 8.42. The summed E-state index contributed by atoms with van der Waals surface area (Å²) >= 11 is 0. The molecule has 0 amide bonds. The Bertz CT molecular complexity index is 1200. The molecule has 1 atom stereocenters. The van der Waals surface area contributed by atoms with Crippen molar-refractivity contribution in [3.05, 3.63) is 47.2 Å². The summed E-state index contributed by atoms with van der Waals surface area (Å²) in [5, 5.41) is 23.1. The Kier molecular flexibility index (Phi) is 5.81. The molecule has 3 heterocycles. The number of hydrogen-bond acceptors (Lipinski definition) is 8. The Labute approximate surface area is 183 Å². The second-order valence-electron chi connectivity index (χ2n) is 7.58. The number of para-hydroxylation sites is 1. The lowest BCUT2D eigenvalue weighted by molar-refractivity contribution is 0.218. The first kappa shape index (κ1) is 22.1. The molecular formula is C20H20F2N6O3S. The van der Waals surface area contributed by atoms with E-state index < -0.39 is 33.6 Å². The van der Waals surface area contributed by atoms with Gasteiger partial charge >= 0.3 is 0 Å². The van der Waals surface area contributed by atoms with Gasteiger partial charge in [-0.3, -0.25) is 4.90 Å². The Hall–Kier alpha value is -3.14. The average Bonchev–Trinajstić information content (AvgIpc) is 2.74. The maximum atomic E-state index is 14.5. The monoisotopic (exact) mass is 462 g/mol. The summed E-state index contributed by atoms with van der Waals surface area (Å²) in [6, 6.07) is 5.01. The topological polar surface area (TPSA) is 122 Å². The van der Waals surface area contributed by atoms with Crippen LogP contribution in [0.5, 0.6) is 0 Å². The Balaban J connectivity index is 1.66. The third kappa shape index (κ3) is 4.14. The van der Waals surface area contributed by atoms with Gasteiger partial charge in [0.05, 0.1) is 17.9 Å². The van der Waals surface area contributed by atoms with Gasteiger partial charge in [-0.2, -0.15) is 10.2 Å². The van der Waals surface area contributed by atoms with Crippen LogP contribution in [0.15, 0.2) is 30.0 Å². The number of aromatic nitrogens is 2. The molecule has 0 radical (unpaired) electrons. The summed E-state index contributed by atoms with van der Waals surface area (Å²) in [5.74, 6) is -1.65. The lowest BCUT2D eigenvalue weighted by Crippen LogP contribution is -2.42. The van der Waals surface area contributed by atoms with Gasteiger partial charge in [0.1, 0.15) is 23.1 Å². The maximum Gasteiger partial charge on any atom is 0.224 e. The van der Waals surface area contributed by atoms with Gasteiger partial charge in [-0.25, -0.2) is 26.5 Å². The van der Waals surface area contributed by atoms with Crippen LogP contribution < -0.4 is 10.2 Å². The van der Waals surface area contributed by atoms with E-state index >= 15 is 0 Å². The number of sulfonamides is 1. The molecule has 2 aliphatic heterocycles. The molecule has 0 saturated carbocycles. The molecule has 1 fully saturated rings. The number of halogens is 2. The quantitative estimate of drug-likeness (QED) is 0.707. The van der Waals surface area contributed by atoms with E-state index in [1.165, 1.54) is 22.6 Å². The smallest absolute Gasteiger partial charge is 0.224 e. The molecule has 2 N–H and O–H groups in total. The lowest BCUT2D eigenvalue weighted by Gasteiger charge is -2.34. The molecular weight excluding hydrogens is 442 g/mol. The molecule has 168 valence electrons. The van der Waals surface area contributed by atoms with Gasteiger partial charge in [-0.1, -0.05) is 6.07 Å². The van der Waals surface area contributed by atoms with Gasteiger partial charge in [0.2, 0.25) is 16.0 Å². The highest BCUT2D eigenvalue weighted by Gasteiger charge is 2.34. The molecule has 4 rings (SSSR count). The number of nitrogens with zero attached hydrogens (tertiary/aromatic N) is 5. The number of fused-ring (bicyclic) bond motifs is 1. The minimum Gasteiger partial charge on any atom is -0.368 e. The van der Waals surface area contributed by atoms with Crippen LogP contribution in [0.25, 0.3) is 6.08 Å². The summed E-state index contributed by atoms with van der Waals surface area (Å²) < 4.78 is 53.8. The zero-order chi connectivity index (χ0) is 23.0. The van der Waals surface area contributed by atoms with Crippen molar-refractivity contribution >= 4 is 33.6 Å². The first-order valence-electron chi connectivity index (χ1n) is 9.80. The molecule has 0 bridgehead atoms. The Morgan fingerprint density at radius 3 is 2.50 bits per heavy atom. The van der Waals surface area contributed by atoms with E-state index in [1.54, 1.807) is 0 Å². The maximum absolute atomic E-state index is 14.5. The molecule has 2 aromatic rings. The molecule has 12 heteroatoms. The number of rotatable bonds is 4. The largest absolute Gasteiger partial charge is 0.368 e. The van der Waals surface area contributed by atoms with Gasteiger partial charge in [0, 0.05) is 30.9 Å². The van der Waals surface area contributed by atoms with E-state index in [1.807, 2.05) is 6.07 Å². The van der Waals surface area contributed by atoms with Crippen LogP contribution >= 0.6 is 0 Å². The molecule has 1 aromatic carbocycles. The molecule has 1 unspecified atom stereocenters. The van der Waals surface area contributed by atoms with Gasteiger partial charge in [-0.15, -0.1) is 0 Å². The van der Waals surface area contributed by atoms with E-state index in [0.29, 0.717) is 31.5 Å². The van der Waals surface area contributed by atoms with Crippen LogP contribution in [-0.4, -0.2) is 59.4 Å².